The van der Waals surface area contributed by atoms with Crippen molar-refractivity contribution in [2.24, 2.45) is 11.3 Å². The smallest absolute Gasteiger partial charge is 0.407 e. The van der Waals surface area contributed by atoms with E-state index in [0.717, 1.165) is 43.8 Å². The third-order valence-electron chi connectivity index (χ3n) is 9.22. The zero-order chi connectivity index (χ0) is 30.4. The van der Waals surface area contributed by atoms with Gasteiger partial charge in [-0.3, -0.25) is 0 Å². The Labute approximate surface area is 253 Å². The van der Waals surface area contributed by atoms with Gasteiger partial charge < -0.3 is 39.2 Å². The monoisotopic (exact) mass is 596 g/mol. The van der Waals surface area contributed by atoms with Gasteiger partial charge in [0.05, 0.1) is 49.9 Å². The van der Waals surface area contributed by atoms with Crippen molar-refractivity contribution in [2.45, 2.75) is 77.4 Å². The summed E-state index contributed by atoms with van der Waals surface area (Å²) >= 11 is 0. The maximum Gasteiger partial charge on any atom is 0.407 e. The minimum absolute atomic E-state index is 0.110. The summed E-state index contributed by atoms with van der Waals surface area (Å²) < 4.78 is 23.2. The molecule has 2 aromatic rings. The molecule has 0 bridgehead atoms. The molecule has 6 heterocycles. The average molecular weight is 597 g/mol. The first-order chi connectivity index (χ1) is 20.6. The number of nitrogens with zero attached hydrogens (tertiary/aromatic N) is 5. The molecule has 12 nitrogen and oxygen atoms in total. The highest BCUT2D eigenvalue weighted by atomic mass is 16.6. The number of amides is 1. The third-order valence-corrected chi connectivity index (χ3v) is 9.22. The van der Waals surface area contributed by atoms with E-state index in [4.69, 9.17) is 28.9 Å². The Hall–Kier alpha value is -3.22. The topological polar surface area (TPSA) is 131 Å². The van der Waals surface area contributed by atoms with E-state index in [1.165, 1.54) is 0 Å². The van der Waals surface area contributed by atoms with Crippen LogP contribution in [0.4, 0.5) is 16.4 Å². The summed E-state index contributed by atoms with van der Waals surface area (Å²) in [6, 6.07) is 2.04. The number of carbonyl (C=O) groups is 1. The van der Waals surface area contributed by atoms with Crippen molar-refractivity contribution in [2.75, 3.05) is 56.4 Å². The zero-order valence-electron chi connectivity index (χ0n) is 25.8. The van der Waals surface area contributed by atoms with E-state index in [2.05, 4.69) is 20.1 Å². The van der Waals surface area contributed by atoms with Gasteiger partial charge >= 0.3 is 6.09 Å². The lowest BCUT2D eigenvalue weighted by molar-refractivity contribution is 0.0434. The van der Waals surface area contributed by atoms with E-state index in [9.17, 15) is 9.90 Å². The summed E-state index contributed by atoms with van der Waals surface area (Å²) in [6.45, 7) is 11.5. The second kappa shape index (κ2) is 11.7. The van der Waals surface area contributed by atoms with Crippen LogP contribution in [0, 0.1) is 11.3 Å². The molecule has 2 N–H and O–H groups in total. The van der Waals surface area contributed by atoms with Gasteiger partial charge in [0.2, 0.25) is 0 Å². The Bertz CT molecular complexity index is 1330. The number of pyridine rings is 1. The van der Waals surface area contributed by atoms with Crippen LogP contribution < -0.4 is 19.9 Å². The molecule has 0 radical (unpaired) electrons. The molecule has 234 valence electrons. The van der Waals surface area contributed by atoms with Crippen LogP contribution in [0.2, 0.25) is 0 Å². The van der Waals surface area contributed by atoms with Gasteiger partial charge in [0.15, 0.2) is 17.4 Å². The molecule has 0 aromatic carbocycles. The number of carbonyl (C=O) groups excluding carboxylic acids is 1. The van der Waals surface area contributed by atoms with Crippen LogP contribution in [0.25, 0.3) is 11.3 Å². The number of methoxy groups -OCH3 is 1. The van der Waals surface area contributed by atoms with Crippen molar-refractivity contribution in [3.05, 3.63) is 24.2 Å². The first kappa shape index (κ1) is 29.8. The van der Waals surface area contributed by atoms with Gasteiger partial charge in [0.1, 0.15) is 17.9 Å². The van der Waals surface area contributed by atoms with Crippen molar-refractivity contribution in [3.63, 3.8) is 0 Å². The molecule has 4 aliphatic heterocycles. The van der Waals surface area contributed by atoms with Crippen LogP contribution in [0.15, 0.2) is 18.5 Å². The predicted molar refractivity (Wildman–Crippen MR) is 160 cm³/mol. The predicted octanol–water partition coefficient (Wildman–Crippen LogP) is 3.16. The number of fused-ring (bicyclic) bond motifs is 3. The standard InChI is InChI=1S/C31H44N6O6/c1-19-26(35-29(39)43-30(2,3)4)31(18-42-19)7-10-36(11-8-31)27-24(15-38)34-23(13-33-27)22-6-9-32-28-25(22)41-17-21-12-20(16-40-5)14-37(21)28/h6,9,13,19-21,26,38H,7-8,10-12,14-18H2,1-5H3,(H,35,39). The second-order valence-corrected chi connectivity index (χ2v) is 13.4. The van der Waals surface area contributed by atoms with Crippen molar-refractivity contribution in [1.29, 1.82) is 0 Å². The van der Waals surface area contributed by atoms with Crippen molar-refractivity contribution >= 4 is 17.7 Å². The number of alkyl carbamates (subject to hydrolysis) is 1. The molecule has 3 saturated heterocycles. The van der Waals surface area contributed by atoms with Gasteiger partial charge in [-0.05, 0) is 53.0 Å². The molecule has 0 saturated carbocycles. The molecule has 6 rings (SSSR count). The number of hydrogen-bond donors (Lipinski definition) is 2. The van der Waals surface area contributed by atoms with Crippen LogP contribution in [-0.4, -0.2) is 96.5 Å². The van der Waals surface area contributed by atoms with Gasteiger partial charge in [-0.25, -0.2) is 19.7 Å². The molecule has 2 aromatic heterocycles. The average Bonchev–Trinajstić information content (AvgIpc) is 3.53. The molecule has 12 heteroatoms. The summed E-state index contributed by atoms with van der Waals surface area (Å²) in [4.78, 5) is 31.5. The highest BCUT2D eigenvalue weighted by molar-refractivity contribution is 5.75. The van der Waals surface area contributed by atoms with E-state index in [-0.39, 0.29) is 30.2 Å². The highest BCUT2D eigenvalue weighted by Gasteiger charge is 2.51. The van der Waals surface area contributed by atoms with Crippen molar-refractivity contribution in [3.8, 4) is 17.0 Å². The fourth-order valence-electron chi connectivity index (χ4n) is 7.18. The summed E-state index contributed by atoms with van der Waals surface area (Å²) in [6.07, 6.45) is 5.64. The lowest BCUT2D eigenvalue weighted by Crippen LogP contribution is -2.55. The number of aromatic nitrogens is 3. The second-order valence-electron chi connectivity index (χ2n) is 13.4. The SMILES string of the molecule is COCC1CC2COc3c(-c4cnc(N5CCC6(CC5)COC(C)C6NC(=O)OC(C)(C)C)c(CO)n4)ccnc3N2C1. The number of nitrogens with one attached hydrogen (secondary N) is 1. The summed E-state index contributed by atoms with van der Waals surface area (Å²) in [5, 5.41) is 13.5. The molecule has 4 aliphatic rings. The van der Waals surface area contributed by atoms with Crippen LogP contribution in [-0.2, 0) is 20.8 Å². The van der Waals surface area contributed by atoms with Gasteiger partial charge in [0.25, 0.3) is 0 Å². The minimum atomic E-state index is -0.569. The Kier molecular flexibility index (Phi) is 8.12. The molecule has 4 unspecified atom stereocenters. The van der Waals surface area contributed by atoms with Crippen LogP contribution in [0.5, 0.6) is 5.75 Å². The van der Waals surface area contributed by atoms with E-state index in [1.54, 1.807) is 19.5 Å². The fraction of sp³-hybridized carbons (Fsp3) is 0.677. The molecule has 1 spiro atoms. The van der Waals surface area contributed by atoms with Crippen LogP contribution in [0.1, 0.15) is 52.7 Å². The van der Waals surface area contributed by atoms with E-state index in [0.29, 0.717) is 55.2 Å². The number of rotatable bonds is 6. The van der Waals surface area contributed by atoms with E-state index >= 15 is 0 Å². The lowest BCUT2D eigenvalue weighted by atomic mass is 9.73. The molecular weight excluding hydrogens is 552 g/mol. The number of anilines is 2. The van der Waals surface area contributed by atoms with Gasteiger partial charge in [-0.1, -0.05) is 0 Å². The Morgan fingerprint density at radius 1 is 1.23 bits per heavy atom. The number of aliphatic hydroxyl groups excluding tert-OH is 1. The maximum absolute atomic E-state index is 12.6. The highest BCUT2D eigenvalue weighted by Crippen LogP contribution is 2.45. The Morgan fingerprint density at radius 2 is 2.02 bits per heavy atom. The lowest BCUT2D eigenvalue weighted by Gasteiger charge is -2.43. The number of piperidine rings is 1. The summed E-state index contributed by atoms with van der Waals surface area (Å²) in [7, 11) is 1.74. The number of hydrogen-bond acceptors (Lipinski definition) is 11. The minimum Gasteiger partial charge on any atom is -0.487 e. The Balaban J connectivity index is 1.18. The molecule has 0 aliphatic carbocycles. The van der Waals surface area contributed by atoms with Gasteiger partial charge in [-0.2, -0.15) is 0 Å². The third kappa shape index (κ3) is 5.84. The maximum atomic E-state index is 12.6. The van der Waals surface area contributed by atoms with Crippen LogP contribution in [0.3, 0.4) is 0 Å². The van der Waals surface area contributed by atoms with E-state index in [1.807, 2.05) is 33.8 Å². The van der Waals surface area contributed by atoms with Gasteiger partial charge in [0, 0.05) is 49.8 Å². The normalized spacial score (nSPS) is 26.2. The molecule has 43 heavy (non-hydrogen) atoms. The van der Waals surface area contributed by atoms with Crippen LogP contribution >= 0.6 is 0 Å². The fourth-order valence-corrected chi connectivity index (χ4v) is 7.18. The molecule has 3 fully saturated rings. The molecule has 1 amide bonds. The van der Waals surface area contributed by atoms with Crippen molar-refractivity contribution < 1.29 is 28.8 Å². The van der Waals surface area contributed by atoms with Crippen molar-refractivity contribution in [1.82, 2.24) is 20.3 Å². The summed E-state index contributed by atoms with van der Waals surface area (Å²) in [5.41, 5.74) is 1.22. The molecular formula is C31H44N6O6. The van der Waals surface area contributed by atoms with E-state index < -0.39 is 11.7 Å². The quantitative estimate of drug-likeness (QED) is 0.510. The number of ether oxygens (including phenoxy) is 4. The first-order valence-electron chi connectivity index (χ1n) is 15.3. The van der Waals surface area contributed by atoms with Gasteiger partial charge in [-0.15, -0.1) is 0 Å². The zero-order valence-corrected chi connectivity index (χ0v) is 25.8. The largest absolute Gasteiger partial charge is 0.487 e. The molecule has 4 atom stereocenters. The number of aliphatic hydroxyl groups is 1. The Morgan fingerprint density at radius 3 is 2.74 bits per heavy atom. The first-order valence-corrected chi connectivity index (χ1v) is 15.3. The summed E-state index contributed by atoms with van der Waals surface area (Å²) in [5.74, 6) is 2.66.